The summed E-state index contributed by atoms with van der Waals surface area (Å²) >= 11 is 0. The normalized spacial score (nSPS) is 28.1. The van der Waals surface area contributed by atoms with E-state index in [2.05, 4.69) is 28.1 Å². The average Bonchev–Trinajstić information content (AvgIpc) is 3.20. The number of fused-ring (bicyclic) bond motifs is 1. The zero-order valence-corrected chi connectivity index (χ0v) is 19.2. The van der Waals surface area contributed by atoms with Crippen molar-refractivity contribution in [2.45, 2.75) is 24.5 Å². The molecule has 7 atom stereocenters. The number of ether oxygens (including phenoxy) is 1. The molecule has 34 heavy (non-hydrogen) atoms. The van der Waals surface area contributed by atoms with E-state index in [1.165, 1.54) is 0 Å². The molecule has 0 bridgehead atoms. The summed E-state index contributed by atoms with van der Waals surface area (Å²) in [5, 5.41) is 20.5. The predicted molar refractivity (Wildman–Crippen MR) is 103 cm³/mol. The molecule has 5 N–H and O–H groups in total. The van der Waals surface area contributed by atoms with Gasteiger partial charge in [-0.05, 0) is 0 Å². The first kappa shape index (κ1) is 26.6. The molecule has 188 valence electrons. The molecule has 2 aromatic rings. The number of phosphoric ester groups is 1. The lowest BCUT2D eigenvalue weighted by molar-refractivity contribution is -0.246. The summed E-state index contributed by atoms with van der Waals surface area (Å²) in [5.41, 5.74) is 4.47. The van der Waals surface area contributed by atoms with E-state index in [1.807, 2.05) is 0 Å². The minimum Gasteiger partial charge on any atom is -0.778 e. The summed E-state index contributed by atoms with van der Waals surface area (Å²) in [4.78, 5) is 56.4. The van der Waals surface area contributed by atoms with E-state index >= 15 is 0 Å². The van der Waals surface area contributed by atoms with Crippen molar-refractivity contribution in [3.05, 3.63) is 16.7 Å². The van der Waals surface area contributed by atoms with Gasteiger partial charge in [-0.1, -0.05) is 5.92 Å². The smallest absolute Gasteiger partial charge is 0.280 e. The second-order valence-corrected chi connectivity index (χ2v) is 11.5. The predicted octanol–water partition coefficient (Wildman–Crippen LogP) is -3.51. The maximum atomic E-state index is 11.9. The fourth-order valence-corrected chi connectivity index (χ4v) is 6.40. The number of anilines is 1. The summed E-state index contributed by atoms with van der Waals surface area (Å²) in [6, 6.07) is 0. The zero-order chi connectivity index (χ0) is 25.5. The maximum Gasteiger partial charge on any atom is 0.280 e. The molecule has 0 aromatic carbocycles. The summed E-state index contributed by atoms with van der Waals surface area (Å²) in [6.45, 7) is -1.09. The van der Waals surface area contributed by atoms with Crippen LogP contribution in [0.4, 0.5) is 5.95 Å². The number of H-pyrrole nitrogens is 1. The molecule has 0 spiro atoms. The Balaban J connectivity index is 1.70. The Morgan fingerprint density at radius 3 is 2.56 bits per heavy atom. The number of aliphatic hydroxyl groups is 2. The molecule has 1 saturated heterocycles. The lowest BCUT2D eigenvalue weighted by Gasteiger charge is -2.34. The van der Waals surface area contributed by atoms with E-state index in [1.54, 1.807) is 5.92 Å². The summed E-state index contributed by atoms with van der Waals surface area (Å²) in [5.74, 6) is 1.31. The number of aromatic nitrogens is 4. The van der Waals surface area contributed by atoms with E-state index in [0.717, 1.165) is 10.9 Å². The van der Waals surface area contributed by atoms with Crippen LogP contribution in [-0.4, -0.2) is 60.8 Å². The van der Waals surface area contributed by atoms with Crippen molar-refractivity contribution < 1.29 is 56.5 Å². The average molecular weight is 542 g/mol. The second-order valence-electron chi connectivity index (χ2n) is 6.65. The second kappa shape index (κ2) is 9.59. The number of nitrogen functional groups attached to an aromatic ring is 1. The first-order valence-corrected chi connectivity index (χ1v) is 13.5. The number of aliphatic hydroxyl groups excluding tert-OH is 2. The van der Waals surface area contributed by atoms with Gasteiger partial charge in [-0.15, -0.1) is 6.42 Å². The topological polar surface area (TPSA) is 287 Å². The Morgan fingerprint density at radius 1 is 1.24 bits per heavy atom. The van der Waals surface area contributed by atoms with Crippen molar-refractivity contribution in [3.8, 4) is 12.3 Å². The van der Waals surface area contributed by atoms with Gasteiger partial charge in [0.1, 0.15) is 18.3 Å². The minimum absolute atomic E-state index is 0.129. The fourth-order valence-electron chi connectivity index (χ4n) is 2.84. The van der Waals surface area contributed by atoms with Crippen LogP contribution in [0.2, 0.25) is 0 Å². The highest BCUT2D eigenvalue weighted by Crippen LogP contribution is 2.62. The van der Waals surface area contributed by atoms with Crippen molar-refractivity contribution in [3.63, 3.8) is 0 Å². The Hall–Kier alpha value is -1.96. The minimum atomic E-state index is -5.98. The number of terminal acetylenes is 1. The molecule has 1 fully saturated rings. The fraction of sp³-hybridized carbons (Fsp3) is 0.462. The molecule has 0 aliphatic carbocycles. The van der Waals surface area contributed by atoms with E-state index < -0.39 is 66.1 Å². The number of rotatable bonds is 9. The largest absolute Gasteiger partial charge is 0.778 e. The molecular weight excluding hydrogens is 527 g/mol. The van der Waals surface area contributed by atoms with Crippen molar-refractivity contribution >= 4 is 40.4 Å². The van der Waals surface area contributed by atoms with Crippen LogP contribution in [0.25, 0.3) is 11.2 Å². The molecule has 0 radical (unpaired) electrons. The van der Waals surface area contributed by atoms with Gasteiger partial charge in [-0.2, -0.15) is 4.98 Å². The van der Waals surface area contributed by atoms with Crippen molar-refractivity contribution in [2.75, 3.05) is 18.5 Å². The SMILES string of the molecule is C#CCP(=O)([O-])OP(=O)([O-])OP(=O)([O-])OC[C@H]1O[C@@H](n2cnc3c(=O)[nH]c(N)nc32)[C@@H](O)C1O. The summed E-state index contributed by atoms with van der Waals surface area (Å²) in [7, 11) is -16.9. The first-order chi connectivity index (χ1) is 15.6. The number of nitrogens with two attached hydrogens (primary N) is 1. The van der Waals surface area contributed by atoms with Crippen LogP contribution in [-0.2, 0) is 31.6 Å². The van der Waals surface area contributed by atoms with Crippen LogP contribution in [0, 0.1) is 12.3 Å². The maximum absolute atomic E-state index is 11.9. The molecule has 18 nitrogen and oxygen atoms in total. The molecule has 3 rings (SSSR count). The number of imidazole rings is 1. The molecule has 21 heteroatoms. The van der Waals surface area contributed by atoms with Crippen molar-refractivity contribution in [2.24, 2.45) is 0 Å². The van der Waals surface area contributed by atoms with Gasteiger partial charge in [0, 0.05) is 0 Å². The number of hydrogen-bond acceptors (Lipinski definition) is 16. The van der Waals surface area contributed by atoms with Crippen molar-refractivity contribution in [1.29, 1.82) is 0 Å². The third kappa shape index (κ3) is 5.99. The standard InChI is InChI=1S/C13H18N5O13P3/c1-2-3-32(22,23)30-34(26,27)31-33(24,25)28-4-6-8(19)9(20)12(29-6)18-5-15-7-10(18)16-13(14)17-11(7)21/h1,5-6,8-9,12,19-20H,3-4H2,(H,22,23)(H,24,25)(H,26,27)(H3,14,16,17,21)/p-3/t6-,8?,9+,12-/m1/s1. The van der Waals surface area contributed by atoms with Crippen LogP contribution >= 0.6 is 23.2 Å². The number of nitrogens with zero attached hydrogens (tertiary/aromatic N) is 3. The van der Waals surface area contributed by atoms with Gasteiger partial charge in [0.15, 0.2) is 25.0 Å². The highest BCUT2D eigenvalue weighted by atomic mass is 31.3. The molecule has 0 amide bonds. The Kier molecular flexibility index (Phi) is 7.52. The molecular formula is C13H15N5O13P3-3. The van der Waals surface area contributed by atoms with E-state index in [9.17, 15) is 43.4 Å². The van der Waals surface area contributed by atoms with Crippen molar-refractivity contribution in [1.82, 2.24) is 19.5 Å². The molecule has 1 aliphatic rings. The van der Waals surface area contributed by atoms with Gasteiger partial charge in [-0.3, -0.25) is 27.8 Å². The van der Waals surface area contributed by atoms with E-state index in [-0.39, 0.29) is 17.1 Å². The van der Waals surface area contributed by atoms with Gasteiger partial charge in [0.25, 0.3) is 21.2 Å². The lowest BCUT2D eigenvalue weighted by Crippen LogP contribution is -2.34. The van der Waals surface area contributed by atoms with Crippen LogP contribution in [0.15, 0.2) is 11.1 Å². The third-order valence-electron chi connectivity index (χ3n) is 4.17. The van der Waals surface area contributed by atoms with E-state index in [4.69, 9.17) is 16.9 Å². The Bertz CT molecular complexity index is 1320. The highest BCUT2D eigenvalue weighted by Gasteiger charge is 2.45. The molecule has 1 aliphatic heterocycles. The number of hydrogen-bond donors (Lipinski definition) is 4. The van der Waals surface area contributed by atoms with Gasteiger partial charge in [-0.25, -0.2) is 9.29 Å². The quantitative estimate of drug-likeness (QED) is 0.176. The zero-order valence-electron chi connectivity index (χ0n) is 16.5. The summed E-state index contributed by atoms with van der Waals surface area (Å²) in [6.07, 6.45) is -1.92. The number of phosphoric acid groups is 2. The third-order valence-corrected chi connectivity index (χ3v) is 8.60. The van der Waals surface area contributed by atoms with Crippen LogP contribution < -0.4 is 26.0 Å². The Labute approximate surface area is 189 Å². The van der Waals surface area contributed by atoms with Gasteiger partial charge < -0.3 is 44.5 Å². The van der Waals surface area contributed by atoms with Gasteiger partial charge >= 0.3 is 0 Å². The van der Waals surface area contributed by atoms with Gasteiger partial charge in [0.2, 0.25) is 5.95 Å². The highest BCUT2D eigenvalue weighted by molar-refractivity contribution is 7.67. The lowest BCUT2D eigenvalue weighted by atomic mass is 10.1. The van der Waals surface area contributed by atoms with E-state index in [0.29, 0.717) is 0 Å². The molecule has 0 saturated carbocycles. The molecule has 2 aromatic heterocycles. The molecule has 3 heterocycles. The monoisotopic (exact) mass is 542 g/mol. The van der Waals surface area contributed by atoms with Crippen LogP contribution in [0.3, 0.4) is 0 Å². The Morgan fingerprint density at radius 2 is 1.91 bits per heavy atom. The number of aromatic amines is 1. The molecule has 4 unspecified atom stereocenters. The van der Waals surface area contributed by atoms with Gasteiger partial charge in [0.05, 0.1) is 19.1 Å². The number of nitrogens with one attached hydrogen (secondary N) is 1. The first-order valence-electron chi connectivity index (χ1n) is 8.81. The van der Waals surface area contributed by atoms with Crippen LogP contribution in [0.5, 0.6) is 0 Å². The summed E-state index contributed by atoms with van der Waals surface area (Å²) < 4.78 is 52.7. The van der Waals surface area contributed by atoms with Crippen LogP contribution in [0.1, 0.15) is 6.23 Å².